The number of carbonyl (C=O) groups excluding carboxylic acids is 2. The molecule has 21 heavy (non-hydrogen) atoms. The van der Waals surface area contributed by atoms with Gasteiger partial charge in [0.05, 0.1) is 7.11 Å². The molecule has 1 fully saturated rings. The predicted octanol–water partition coefficient (Wildman–Crippen LogP) is 2.22. The monoisotopic (exact) mass is 291 g/mol. The average molecular weight is 291 g/mol. The van der Waals surface area contributed by atoms with E-state index in [0.29, 0.717) is 26.2 Å². The molecule has 0 spiro atoms. The fourth-order valence-electron chi connectivity index (χ4n) is 2.24. The number of nitrogens with zero attached hydrogens (tertiary/aromatic N) is 2. The van der Waals surface area contributed by atoms with Crippen LogP contribution >= 0.6 is 0 Å². The molecule has 6 heteroatoms. The number of rotatable bonds is 1. The zero-order valence-electron chi connectivity index (χ0n) is 12.7. The minimum Gasteiger partial charge on any atom is -0.453 e. The van der Waals surface area contributed by atoms with Crippen molar-refractivity contribution in [2.24, 2.45) is 0 Å². The molecule has 1 heterocycles. The zero-order chi connectivity index (χ0) is 15.4. The highest BCUT2D eigenvalue weighted by Crippen LogP contribution is 2.15. The van der Waals surface area contributed by atoms with E-state index in [2.05, 4.69) is 10.1 Å². The third-order valence-corrected chi connectivity index (χ3v) is 3.76. The molecule has 1 N–H and O–H groups in total. The van der Waals surface area contributed by atoms with Gasteiger partial charge in [0.15, 0.2) is 0 Å². The van der Waals surface area contributed by atoms with E-state index in [1.165, 1.54) is 12.7 Å². The number of carbonyl (C=O) groups is 2. The lowest BCUT2D eigenvalue weighted by Gasteiger charge is -2.33. The highest BCUT2D eigenvalue weighted by molar-refractivity contribution is 5.89. The number of piperazine rings is 1. The summed E-state index contributed by atoms with van der Waals surface area (Å²) in [5, 5.41) is 2.89. The minimum atomic E-state index is -0.343. The van der Waals surface area contributed by atoms with Crippen LogP contribution in [0.5, 0.6) is 0 Å². The maximum absolute atomic E-state index is 12.2. The Kier molecular flexibility index (Phi) is 4.67. The number of hydrogen-bond donors (Lipinski definition) is 1. The molecule has 1 aromatic carbocycles. The highest BCUT2D eigenvalue weighted by Gasteiger charge is 2.24. The molecule has 1 aliphatic heterocycles. The molecule has 1 aromatic rings. The van der Waals surface area contributed by atoms with Gasteiger partial charge in [0, 0.05) is 31.9 Å². The van der Waals surface area contributed by atoms with E-state index in [9.17, 15) is 9.59 Å². The van der Waals surface area contributed by atoms with Crippen molar-refractivity contribution >= 4 is 17.8 Å². The van der Waals surface area contributed by atoms with E-state index in [0.717, 1.165) is 11.3 Å². The molecular formula is C15H21N3O3. The van der Waals surface area contributed by atoms with E-state index in [-0.39, 0.29) is 12.1 Å². The van der Waals surface area contributed by atoms with Crippen LogP contribution in [0.2, 0.25) is 0 Å². The molecule has 0 bridgehead atoms. The quantitative estimate of drug-likeness (QED) is 0.863. The van der Waals surface area contributed by atoms with Crippen molar-refractivity contribution in [2.45, 2.75) is 13.8 Å². The summed E-state index contributed by atoms with van der Waals surface area (Å²) in [7, 11) is 1.36. The standard InChI is InChI=1S/C15H21N3O3/c1-11-4-5-13(10-12(11)2)16-14(19)17-6-8-18(9-7-17)15(20)21-3/h4-5,10H,6-9H2,1-3H3,(H,16,19). The molecule has 0 saturated carbocycles. The number of nitrogens with one attached hydrogen (secondary N) is 1. The number of urea groups is 1. The smallest absolute Gasteiger partial charge is 0.409 e. The van der Waals surface area contributed by atoms with Gasteiger partial charge >= 0.3 is 12.1 Å². The number of ether oxygens (including phenoxy) is 1. The van der Waals surface area contributed by atoms with Gasteiger partial charge in [-0.1, -0.05) is 6.07 Å². The number of amides is 3. The van der Waals surface area contributed by atoms with Crippen LogP contribution < -0.4 is 5.32 Å². The van der Waals surface area contributed by atoms with Gasteiger partial charge < -0.3 is 19.9 Å². The lowest BCUT2D eigenvalue weighted by Crippen LogP contribution is -2.51. The molecule has 114 valence electrons. The van der Waals surface area contributed by atoms with Crippen LogP contribution in [0, 0.1) is 13.8 Å². The molecule has 2 rings (SSSR count). The van der Waals surface area contributed by atoms with Gasteiger partial charge in [-0.25, -0.2) is 9.59 Å². The summed E-state index contributed by atoms with van der Waals surface area (Å²) in [5.41, 5.74) is 3.13. The van der Waals surface area contributed by atoms with Gasteiger partial charge in [0.1, 0.15) is 0 Å². The van der Waals surface area contributed by atoms with Crippen molar-refractivity contribution < 1.29 is 14.3 Å². The van der Waals surface area contributed by atoms with E-state index >= 15 is 0 Å². The lowest BCUT2D eigenvalue weighted by atomic mass is 10.1. The van der Waals surface area contributed by atoms with Crippen molar-refractivity contribution in [1.29, 1.82) is 0 Å². The second-order valence-electron chi connectivity index (χ2n) is 5.17. The number of anilines is 1. The van der Waals surface area contributed by atoms with E-state index in [4.69, 9.17) is 0 Å². The normalized spacial score (nSPS) is 14.8. The van der Waals surface area contributed by atoms with Crippen LogP contribution in [0.15, 0.2) is 18.2 Å². The van der Waals surface area contributed by atoms with Crippen LogP contribution in [0.3, 0.4) is 0 Å². The summed E-state index contributed by atoms with van der Waals surface area (Å²) in [4.78, 5) is 26.9. The van der Waals surface area contributed by atoms with Crippen molar-refractivity contribution in [3.8, 4) is 0 Å². The van der Waals surface area contributed by atoms with Crippen molar-refractivity contribution in [3.05, 3.63) is 29.3 Å². The fourth-order valence-corrected chi connectivity index (χ4v) is 2.24. The molecule has 0 unspecified atom stereocenters. The first kappa shape index (κ1) is 15.2. The minimum absolute atomic E-state index is 0.136. The maximum atomic E-state index is 12.2. The second-order valence-corrected chi connectivity index (χ2v) is 5.17. The molecule has 0 aromatic heterocycles. The predicted molar refractivity (Wildman–Crippen MR) is 80.5 cm³/mol. The van der Waals surface area contributed by atoms with Crippen molar-refractivity contribution in [1.82, 2.24) is 9.80 Å². The summed E-state index contributed by atoms with van der Waals surface area (Å²) in [6, 6.07) is 5.70. The number of benzene rings is 1. The first-order valence-electron chi connectivity index (χ1n) is 6.97. The Morgan fingerprint density at radius 3 is 2.24 bits per heavy atom. The molecule has 3 amide bonds. The summed E-state index contributed by atoms with van der Waals surface area (Å²) in [6.45, 7) is 6.05. The van der Waals surface area contributed by atoms with Gasteiger partial charge in [-0.3, -0.25) is 0 Å². The van der Waals surface area contributed by atoms with Gasteiger partial charge in [-0.15, -0.1) is 0 Å². The second kappa shape index (κ2) is 6.47. The summed E-state index contributed by atoms with van der Waals surface area (Å²) < 4.78 is 4.67. The van der Waals surface area contributed by atoms with Crippen molar-refractivity contribution in [2.75, 3.05) is 38.6 Å². The summed E-state index contributed by atoms with van der Waals surface area (Å²) in [6.07, 6.45) is -0.343. The SMILES string of the molecule is COC(=O)N1CCN(C(=O)Nc2ccc(C)c(C)c2)CC1. The maximum Gasteiger partial charge on any atom is 0.409 e. The Morgan fingerprint density at radius 2 is 1.67 bits per heavy atom. The van der Waals surface area contributed by atoms with Gasteiger partial charge in [-0.05, 0) is 37.1 Å². The van der Waals surface area contributed by atoms with E-state index < -0.39 is 0 Å². The lowest BCUT2D eigenvalue weighted by molar-refractivity contribution is 0.0992. The van der Waals surface area contributed by atoms with Crippen LogP contribution in [0.1, 0.15) is 11.1 Å². The van der Waals surface area contributed by atoms with E-state index in [1.54, 1.807) is 9.80 Å². The van der Waals surface area contributed by atoms with Crippen molar-refractivity contribution in [3.63, 3.8) is 0 Å². The zero-order valence-corrected chi connectivity index (χ0v) is 12.7. The molecule has 1 saturated heterocycles. The number of hydrogen-bond acceptors (Lipinski definition) is 3. The summed E-state index contributed by atoms with van der Waals surface area (Å²) >= 11 is 0. The molecule has 0 atom stereocenters. The Hall–Kier alpha value is -2.24. The number of methoxy groups -OCH3 is 1. The first-order chi connectivity index (χ1) is 10.0. The summed E-state index contributed by atoms with van der Waals surface area (Å²) in [5.74, 6) is 0. The van der Waals surface area contributed by atoms with Gasteiger partial charge in [-0.2, -0.15) is 0 Å². The Labute approximate surface area is 124 Å². The topological polar surface area (TPSA) is 61.9 Å². The molecular weight excluding hydrogens is 270 g/mol. The Balaban J connectivity index is 1.90. The Morgan fingerprint density at radius 1 is 1.05 bits per heavy atom. The third-order valence-electron chi connectivity index (χ3n) is 3.76. The van der Waals surface area contributed by atoms with Crippen LogP contribution in [-0.4, -0.2) is 55.2 Å². The highest BCUT2D eigenvalue weighted by atomic mass is 16.5. The third kappa shape index (κ3) is 3.65. The van der Waals surface area contributed by atoms with Crippen LogP contribution in [-0.2, 0) is 4.74 Å². The average Bonchev–Trinajstić information content (AvgIpc) is 2.50. The van der Waals surface area contributed by atoms with Gasteiger partial charge in [0.2, 0.25) is 0 Å². The van der Waals surface area contributed by atoms with Crippen LogP contribution in [0.25, 0.3) is 0 Å². The first-order valence-corrected chi connectivity index (χ1v) is 6.97. The Bertz CT molecular complexity index is 537. The molecule has 0 radical (unpaired) electrons. The van der Waals surface area contributed by atoms with Crippen LogP contribution in [0.4, 0.5) is 15.3 Å². The molecule has 1 aliphatic rings. The van der Waals surface area contributed by atoms with Gasteiger partial charge in [0.25, 0.3) is 0 Å². The fraction of sp³-hybridized carbons (Fsp3) is 0.467. The van der Waals surface area contributed by atoms with E-state index in [1.807, 2.05) is 32.0 Å². The molecule has 0 aliphatic carbocycles. The largest absolute Gasteiger partial charge is 0.453 e. The molecule has 6 nitrogen and oxygen atoms in total. The number of aryl methyl sites for hydroxylation is 2.